The lowest BCUT2D eigenvalue weighted by atomic mass is 10.1. The molecule has 0 atom stereocenters. The van der Waals surface area contributed by atoms with Gasteiger partial charge in [-0.25, -0.2) is 0 Å². The monoisotopic (exact) mass is 355 g/mol. The van der Waals surface area contributed by atoms with Crippen molar-refractivity contribution in [3.8, 4) is 0 Å². The van der Waals surface area contributed by atoms with Gasteiger partial charge in [-0.2, -0.15) is 0 Å². The van der Waals surface area contributed by atoms with E-state index in [1.807, 2.05) is 31.2 Å². The van der Waals surface area contributed by atoms with Crippen molar-refractivity contribution < 1.29 is 4.79 Å². The zero-order valence-corrected chi connectivity index (χ0v) is 16.3. The molecule has 1 aromatic heterocycles. The number of carbonyl (C=O) groups excluding carboxylic acids is 1. The number of hydrogen-bond acceptors (Lipinski definition) is 3. The van der Waals surface area contributed by atoms with Crippen LogP contribution in [-0.2, 0) is 4.79 Å². The van der Waals surface area contributed by atoms with E-state index in [4.69, 9.17) is 5.73 Å². The predicted molar refractivity (Wildman–Crippen MR) is 111 cm³/mol. The summed E-state index contributed by atoms with van der Waals surface area (Å²) in [5.41, 5.74) is 9.31. The van der Waals surface area contributed by atoms with Crippen molar-refractivity contribution in [1.82, 2.24) is 4.98 Å². The van der Waals surface area contributed by atoms with E-state index in [9.17, 15) is 4.79 Å². The summed E-state index contributed by atoms with van der Waals surface area (Å²) in [5.74, 6) is 0.0749. The van der Waals surface area contributed by atoms with E-state index in [2.05, 4.69) is 17.2 Å². The fourth-order valence-corrected chi connectivity index (χ4v) is 3.29. The number of hydrogen-bond donors (Lipinski definition) is 2. The van der Waals surface area contributed by atoms with Gasteiger partial charge in [0, 0.05) is 28.9 Å². The SMILES string of the molecule is CCCCCCCCCCCC(=O)Nc1ccc2nc(C)cc(N)c2c1. The van der Waals surface area contributed by atoms with Gasteiger partial charge in [0.05, 0.1) is 5.52 Å². The van der Waals surface area contributed by atoms with Crippen LogP contribution in [0.1, 0.15) is 76.8 Å². The van der Waals surface area contributed by atoms with Gasteiger partial charge in [-0.1, -0.05) is 58.3 Å². The van der Waals surface area contributed by atoms with E-state index in [1.165, 1.54) is 44.9 Å². The zero-order chi connectivity index (χ0) is 18.8. The first kappa shape index (κ1) is 20.2. The standard InChI is InChI=1S/C22H33N3O/c1-3-4-5-6-7-8-9-10-11-12-22(26)25-18-13-14-21-19(16-18)20(23)15-17(2)24-21/h13-16H,3-12H2,1-2H3,(H2,23,24)(H,25,26). The molecule has 0 radical (unpaired) electrons. The third-order valence-corrected chi connectivity index (χ3v) is 4.76. The van der Waals surface area contributed by atoms with Gasteiger partial charge in [-0.3, -0.25) is 9.78 Å². The smallest absolute Gasteiger partial charge is 0.224 e. The summed E-state index contributed by atoms with van der Waals surface area (Å²) in [6.07, 6.45) is 11.9. The van der Waals surface area contributed by atoms with E-state index in [0.717, 1.165) is 35.1 Å². The van der Waals surface area contributed by atoms with Gasteiger partial charge in [0.15, 0.2) is 0 Å². The summed E-state index contributed by atoms with van der Waals surface area (Å²) in [4.78, 5) is 16.6. The van der Waals surface area contributed by atoms with E-state index in [0.29, 0.717) is 12.1 Å². The number of nitrogens with one attached hydrogen (secondary N) is 1. The summed E-state index contributed by atoms with van der Waals surface area (Å²) in [5, 5.41) is 3.86. The molecule has 4 nitrogen and oxygen atoms in total. The first-order valence-electron chi connectivity index (χ1n) is 10.1. The molecule has 0 bridgehead atoms. The highest BCUT2D eigenvalue weighted by atomic mass is 16.1. The fraction of sp³-hybridized carbons (Fsp3) is 0.545. The maximum atomic E-state index is 12.1. The maximum absolute atomic E-state index is 12.1. The largest absolute Gasteiger partial charge is 0.398 e. The number of nitrogens with zero attached hydrogens (tertiary/aromatic N) is 1. The van der Waals surface area contributed by atoms with E-state index >= 15 is 0 Å². The van der Waals surface area contributed by atoms with Crippen molar-refractivity contribution >= 4 is 28.2 Å². The minimum absolute atomic E-state index is 0.0749. The summed E-state index contributed by atoms with van der Waals surface area (Å²) in [6, 6.07) is 7.57. The van der Waals surface area contributed by atoms with Crippen LogP contribution in [0.3, 0.4) is 0 Å². The van der Waals surface area contributed by atoms with Gasteiger partial charge >= 0.3 is 0 Å². The molecule has 4 heteroatoms. The molecule has 26 heavy (non-hydrogen) atoms. The molecule has 0 aliphatic carbocycles. The van der Waals surface area contributed by atoms with Crippen LogP contribution < -0.4 is 11.1 Å². The Balaban J connectivity index is 1.69. The number of anilines is 2. The molecule has 0 aliphatic heterocycles. The molecular formula is C22H33N3O. The molecule has 0 unspecified atom stereocenters. The van der Waals surface area contributed by atoms with Crippen molar-refractivity contribution in [2.24, 2.45) is 0 Å². The lowest BCUT2D eigenvalue weighted by Crippen LogP contribution is -2.11. The van der Waals surface area contributed by atoms with Gasteiger partial charge in [0.25, 0.3) is 0 Å². The van der Waals surface area contributed by atoms with Crippen molar-refractivity contribution in [1.29, 1.82) is 0 Å². The Labute approximate surface area is 157 Å². The molecular weight excluding hydrogens is 322 g/mol. The number of aryl methyl sites for hydroxylation is 1. The number of aromatic nitrogens is 1. The highest BCUT2D eigenvalue weighted by Gasteiger charge is 2.06. The molecule has 142 valence electrons. The maximum Gasteiger partial charge on any atom is 0.224 e. The predicted octanol–water partition coefficient (Wildman–Crippen LogP) is 5.98. The van der Waals surface area contributed by atoms with Gasteiger partial charge in [-0.15, -0.1) is 0 Å². The van der Waals surface area contributed by atoms with E-state index < -0.39 is 0 Å². The first-order chi connectivity index (χ1) is 12.6. The first-order valence-corrected chi connectivity index (χ1v) is 10.1. The number of nitrogens with two attached hydrogens (primary N) is 1. The van der Waals surface area contributed by atoms with Gasteiger partial charge in [0.2, 0.25) is 5.91 Å². The fourth-order valence-electron chi connectivity index (χ4n) is 3.29. The Morgan fingerprint density at radius 1 is 1.00 bits per heavy atom. The molecule has 0 fully saturated rings. The number of unbranched alkanes of at least 4 members (excludes halogenated alkanes) is 8. The Bertz CT molecular complexity index is 712. The van der Waals surface area contributed by atoms with Crippen LogP contribution in [0.2, 0.25) is 0 Å². The third kappa shape index (κ3) is 6.66. The van der Waals surface area contributed by atoms with Crippen LogP contribution in [0.4, 0.5) is 11.4 Å². The lowest BCUT2D eigenvalue weighted by Gasteiger charge is -2.08. The Hall–Kier alpha value is -2.10. The zero-order valence-electron chi connectivity index (χ0n) is 16.3. The number of carbonyl (C=O) groups is 1. The average molecular weight is 356 g/mol. The molecule has 1 heterocycles. The highest BCUT2D eigenvalue weighted by Crippen LogP contribution is 2.24. The summed E-state index contributed by atoms with van der Waals surface area (Å²) < 4.78 is 0. The molecule has 1 aromatic carbocycles. The van der Waals surface area contributed by atoms with E-state index in [1.54, 1.807) is 0 Å². The molecule has 2 rings (SSSR count). The topological polar surface area (TPSA) is 68.0 Å². The Kier molecular flexibility index (Phi) is 8.39. The van der Waals surface area contributed by atoms with Crippen molar-refractivity contribution in [3.63, 3.8) is 0 Å². The summed E-state index contributed by atoms with van der Waals surface area (Å²) in [6.45, 7) is 4.17. The average Bonchev–Trinajstić information content (AvgIpc) is 2.61. The van der Waals surface area contributed by atoms with Crippen molar-refractivity contribution in [2.45, 2.75) is 78.1 Å². The molecule has 0 spiro atoms. The molecule has 1 amide bonds. The van der Waals surface area contributed by atoms with Gasteiger partial charge in [-0.05, 0) is 37.6 Å². The Morgan fingerprint density at radius 3 is 2.35 bits per heavy atom. The van der Waals surface area contributed by atoms with Crippen LogP contribution in [-0.4, -0.2) is 10.9 Å². The Morgan fingerprint density at radius 2 is 1.65 bits per heavy atom. The number of benzene rings is 1. The minimum atomic E-state index is 0.0749. The van der Waals surface area contributed by atoms with Crippen molar-refractivity contribution in [2.75, 3.05) is 11.1 Å². The molecule has 0 saturated carbocycles. The van der Waals surface area contributed by atoms with Crippen LogP contribution >= 0.6 is 0 Å². The quantitative estimate of drug-likeness (QED) is 0.487. The summed E-state index contributed by atoms with van der Waals surface area (Å²) >= 11 is 0. The second-order valence-electron chi connectivity index (χ2n) is 7.21. The van der Waals surface area contributed by atoms with Crippen LogP contribution in [0, 0.1) is 6.92 Å². The summed E-state index contributed by atoms with van der Waals surface area (Å²) in [7, 11) is 0. The van der Waals surface area contributed by atoms with Crippen molar-refractivity contribution in [3.05, 3.63) is 30.0 Å². The number of rotatable bonds is 11. The van der Waals surface area contributed by atoms with Crippen LogP contribution in [0.15, 0.2) is 24.3 Å². The number of pyridine rings is 1. The number of fused-ring (bicyclic) bond motifs is 1. The molecule has 0 saturated heterocycles. The third-order valence-electron chi connectivity index (χ3n) is 4.76. The van der Waals surface area contributed by atoms with Crippen LogP contribution in [0.25, 0.3) is 10.9 Å². The molecule has 2 aromatic rings. The second-order valence-corrected chi connectivity index (χ2v) is 7.21. The van der Waals surface area contributed by atoms with Crippen LogP contribution in [0.5, 0.6) is 0 Å². The lowest BCUT2D eigenvalue weighted by molar-refractivity contribution is -0.116. The molecule has 0 aliphatic rings. The minimum Gasteiger partial charge on any atom is -0.398 e. The number of nitrogen functional groups attached to an aromatic ring is 1. The van der Waals surface area contributed by atoms with Gasteiger partial charge in [0.1, 0.15) is 0 Å². The second kappa shape index (κ2) is 10.8. The molecule has 3 N–H and O–H groups in total. The highest BCUT2D eigenvalue weighted by molar-refractivity contribution is 5.97. The van der Waals surface area contributed by atoms with E-state index in [-0.39, 0.29) is 5.91 Å². The normalized spacial score (nSPS) is 11.0. The van der Waals surface area contributed by atoms with Gasteiger partial charge < -0.3 is 11.1 Å². The number of amides is 1.